The zero-order chi connectivity index (χ0) is 13.0. The van der Waals surface area contributed by atoms with E-state index in [0.29, 0.717) is 11.1 Å². The minimum Gasteiger partial charge on any atom is -0.392 e. The monoisotopic (exact) mass is 260 g/mol. The van der Waals surface area contributed by atoms with Gasteiger partial charge in [0.15, 0.2) is 5.78 Å². The van der Waals surface area contributed by atoms with Gasteiger partial charge >= 0.3 is 0 Å². The van der Waals surface area contributed by atoms with Crippen molar-refractivity contribution in [1.82, 2.24) is 4.37 Å². The molecule has 2 rings (SSSR count). The predicted octanol–water partition coefficient (Wildman–Crippen LogP) is 1.83. The molecule has 0 unspecified atom stereocenters. The SMILES string of the molecule is O=C=Nc1cc(CO)ccc1C(=O)c1cnsc1. The quantitative estimate of drug-likeness (QED) is 0.516. The zero-order valence-corrected chi connectivity index (χ0v) is 9.98. The molecule has 1 N–H and O–H groups in total. The summed E-state index contributed by atoms with van der Waals surface area (Å²) in [6.07, 6.45) is 2.86. The van der Waals surface area contributed by atoms with E-state index in [-0.39, 0.29) is 23.6 Å². The van der Waals surface area contributed by atoms with Gasteiger partial charge in [0.05, 0.1) is 24.1 Å². The molecule has 0 atom stereocenters. The molecular weight excluding hydrogens is 252 g/mol. The van der Waals surface area contributed by atoms with Crippen LogP contribution in [-0.2, 0) is 11.4 Å². The minimum atomic E-state index is -0.262. The summed E-state index contributed by atoms with van der Waals surface area (Å²) < 4.78 is 3.85. The van der Waals surface area contributed by atoms with E-state index < -0.39 is 0 Å². The molecular formula is C12H8N2O3S. The Labute approximate surface area is 107 Å². The highest BCUT2D eigenvalue weighted by Gasteiger charge is 2.15. The molecule has 6 heteroatoms. The van der Waals surface area contributed by atoms with E-state index in [1.54, 1.807) is 11.4 Å². The van der Waals surface area contributed by atoms with Crippen molar-refractivity contribution in [3.8, 4) is 0 Å². The fourth-order valence-electron chi connectivity index (χ4n) is 1.48. The Bertz CT molecular complexity index is 616. The number of aliphatic hydroxyl groups is 1. The molecule has 5 nitrogen and oxygen atoms in total. The first kappa shape index (κ1) is 12.3. The lowest BCUT2D eigenvalue weighted by Gasteiger charge is -2.04. The van der Waals surface area contributed by atoms with Crippen LogP contribution in [0.15, 0.2) is 34.8 Å². The molecule has 0 spiro atoms. The van der Waals surface area contributed by atoms with E-state index in [1.165, 1.54) is 35.9 Å². The summed E-state index contributed by atoms with van der Waals surface area (Å²) in [4.78, 5) is 26.0. The van der Waals surface area contributed by atoms with Crippen LogP contribution in [-0.4, -0.2) is 21.3 Å². The summed E-state index contributed by atoms with van der Waals surface area (Å²) in [5.41, 5.74) is 1.51. The summed E-state index contributed by atoms with van der Waals surface area (Å²) >= 11 is 1.17. The Morgan fingerprint density at radius 1 is 1.50 bits per heavy atom. The number of isocyanates is 1. The van der Waals surface area contributed by atoms with Gasteiger partial charge in [0, 0.05) is 10.9 Å². The standard InChI is InChI=1S/C12H8N2O3S/c15-5-8-1-2-10(11(3-8)13-7-16)12(17)9-4-14-18-6-9/h1-4,6,15H,5H2. The fraction of sp³-hybridized carbons (Fsp3) is 0.0833. The van der Waals surface area contributed by atoms with Crippen LogP contribution in [0.25, 0.3) is 0 Å². The first-order valence-corrected chi connectivity index (χ1v) is 5.85. The largest absolute Gasteiger partial charge is 0.392 e. The zero-order valence-electron chi connectivity index (χ0n) is 9.16. The number of hydrogen-bond donors (Lipinski definition) is 1. The van der Waals surface area contributed by atoms with E-state index in [4.69, 9.17) is 5.11 Å². The van der Waals surface area contributed by atoms with E-state index in [1.807, 2.05) is 0 Å². The average molecular weight is 260 g/mol. The Hall–Kier alpha value is -2.14. The van der Waals surface area contributed by atoms with E-state index in [2.05, 4.69) is 9.37 Å². The highest BCUT2D eigenvalue weighted by Crippen LogP contribution is 2.24. The van der Waals surface area contributed by atoms with Crippen molar-refractivity contribution in [3.63, 3.8) is 0 Å². The number of carbonyl (C=O) groups excluding carboxylic acids is 2. The number of carbonyl (C=O) groups is 1. The van der Waals surface area contributed by atoms with Gasteiger partial charge in [0.25, 0.3) is 0 Å². The number of aliphatic imine (C=N–C) groups is 1. The molecule has 0 fully saturated rings. The van der Waals surface area contributed by atoms with Gasteiger partial charge in [-0.05, 0) is 29.2 Å². The van der Waals surface area contributed by atoms with Gasteiger partial charge in [0.2, 0.25) is 6.08 Å². The molecule has 0 aliphatic heterocycles. The normalized spacial score (nSPS) is 9.83. The number of aromatic nitrogens is 1. The number of ketones is 1. The third-order valence-corrected chi connectivity index (χ3v) is 2.94. The van der Waals surface area contributed by atoms with Crippen LogP contribution in [0.5, 0.6) is 0 Å². The van der Waals surface area contributed by atoms with Gasteiger partial charge in [-0.1, -0.05) is 6.07 Å². The average Bonchev–Trinajstić information content (AvgIpc) is 2.92. The molecule has 0 radical (unpaired) electrons. The highest BCUT2D eigenvalue weighted by molar-refractivity contribution is 7.03. The Balaban J connectivity index is 2.50. The number of aliphatic hydroxyl groups excluding tert-OH is 1. The number of hydrogen-bond acceptors (Lipinski definition) is 6. The van der Waals surface area contributed by atoms with Crippen LogP contribution in [0, 0.1) is 0 Å². The predicted molar refractivity (Wildman–Crippen MR) is 65.7 cm³/mol. The van der Waals surface area contributed by atoms with Gasteiger partial charge < -0.3 is 5.11 Å². The van der Waals surface area contributed by atoms with Crippen LogP contribution in [0.1, 0.15) is 21.5 Å². The fourth-order valence-corrected chi connectivity index (χ4v) is 2.00. The van der Waals surface area contributed by atoms with Crippen LogP contribution >= 0.6 is 11.5 Å². The molecule has 0 bridgehead atoms. The van der Waals surface area contributed by atoms with Crippen LogP contribution in [0.2, 0.25) is 0 Å². The number of benzene rings is 1. The van der Waals surface area contributed by atoms with Crippen LogP contribution in [0.4, 0.5) is 5.69 Å². The smallest absolute Gasteiger partial charge is 0.240 e. The van der Waals surface area contributed by atoms with Gasteiger partial charge in [-0.15, -0.1) is 0 Å². The lowest BCUT2D eigenvalue weighted by Crippen LogP contribution is -2.00. The second-order valence-electron chi connectivity index (χ2n) is 3.45. The topological polar surface area (TPSA) is 79.6 Å². The lowest BCUT2D eigenvalue weighted by molar-refractivity contribution is 0.103. The van der Waals surface area contributed by atoms with Crippen molar-refractivity contribution in [2.24, 2.45) is 4.99 Å². The Morgan fingerprint density at radius 2 is 2.33 bits per heavy atom. The summed E-state index contributed by atoms with van der Waals surface area (Å²) in [6, 6.07) is 4.62. The lowest BCUT2D eigenvalue weighted by atomic mass is 10.0. The molecule has 90 valence electrons. The summed E-state index contributed by atoms with van der Waals surface area (Å²) in [5, 5.41) is 10.6. The third kappa shape index (κ3) is 2.41. The van der Waals surface area contributed by atoms with E-state index in [0.717, 1.165) is 0 Å². The summed E-state index contributed by atoms with van der Waals surface area (Å²) in [7, 11) is 0. The molecule has 1 heterocycles. The van der Waals surface area contributed by atoms with Crippen LogP contribution in [0.3, 0.4) is 0 Å². The molecule has 1 aromatic heterocycles. The Kier molecular flexibility index (Phi) is 3.74. The van der Waals surface area contributed by atoms with E-state index >= 15 is 0 Å². The van der Waals surface area contributed by atoms with Gasteiger partial charge in [-0.25, -0.2) is 9.17 Å². The van der Waals surface area contributed by atoms with E-state index in [9.17, 15) is 9.59 Å². The molecule has 0 saturated heterocycles. The number of rotatable bonds is 4. The van der Waals surface area contributed by atoms with Crippen molar-refractivity contribution in [3.05, 3.63) is 46.5 Å². The molecule has 1 aromatic carbocycles. The first-order valence-electron chi connectivity index (χ1n) is 5.02. The van der Waals surface area contributed by atoms with Gasteiger partial charge in [0.1, 0.15) is 0 Å². The maximum atomic E-state index is 12.1. The molecule has 0 amide bonds. The van der Waals surface area contributed by atoms with Crippen LogP contribution < -0.4 is 0 Å². The first-order chi connectivity index (χ1) is 8.76. The summed E-state index contributed by atoms with van der Waals surface area (Å²) in [6.45, 7) is -0.185. The van der Waals surface area contributed by atoms with Gasteiger partial charge in [-0.2, -0.15) is 4.99 Å². The number of nitrogens with zero attached hydrogens (tertiary/aromatic N) is 2. The molecule has 0 saturated carbocycles. The molecule has 18 heavy (non-hydrogen) atoms. The van der Waals surface area contributed by atoms with Crippen molar-refractivity contribution in [2.45, 2.75) is 6.61 Å². The molecule has 2 aromatic rings. The third-order valence-electron chi connectivity index (χ3n) is 2.35. The van der Waals surface area contributed by atoms with Crippen molar-refractivity contribution >= 4 is 29.1 Å². The van der Waals surface area contributed by atoms with Crippen molar-refractivity contribution < 1.29 is 14.7 Å². The molecule has 0 aliphatic carbocycles. The maximum Gasteiger partial charge on any atom is 0.240 e. The summed E-state index contributed by atoms with van der Waals surface area (Å²) in [5.74, 6) is -0.262. The minimum absolute atomic E-state index is 0.185. The Morgan fingerprint density at radius 3 is 2.94 bits per heavy atom. The van der Waals surface area contributed by atoms with Crippen molar-refractivity contribution in [1.29, 1.82) is 0 Å². The second-order valence-corrected chi connectivity index (χ2v) is 4.11. The van der Waals surface area contributed by atoms with Crippen molar-refractivity contribution in [2.75, 3.05) is 0 Å². The second kappa shape index (κ2) is 5.46. The highest BCUT2D eigenvalue weighted by atomic mass is 32.1. The van der Waals surface area contributed by atoms with Gasteiger partial charge in [-0.3, -0.25) is 4.79 Å². The molecule has 0 aliphatic rings. The maximum absolute atomic E-state index is 12.1.